The molecule has 1 aromatic rings. The van der Waals surface area contributed by atoms with Crippen molar-refractivity contribution in [1.82, 2.24) is 10.2 Å². The molecule has 0 amide bonds. The first kappa shape index (κ1) is 21.7. The fraction of sp³-hybridized carbons (Fsp3) is 0.682. The van der Waals surface area contributed by atoms with Crippen molar-refractivity contribution in [2.75, 3.05) is 53.6 Å². The second-order valence-corrected chi connectivity index (χ2v) is 8.34. The summed E-state index contributed by atoms with van der Waals surface area (Å²) in [5.74, 6) is 1.58. The van der Waals surface area contributed by atoms with Gasteiger partial charge in [-0.3, -0.25) is 4.99 Å². The first-order valence-electron chi connectivity index (χ1n) is 10.1. The fourth-order valence-corrected chi connectivity index (χ4v) is 3.38. The molecule has 0 aliphatic carbocycles. The van der Waals surface area contributed by atoms with E-state index in [2.05, 4.69) is 60.2 Å². The zero-order chi connectivity index (χ0) is 19.7. The van der Waals surface area contributed by atoms with E-state index in [4.69, 9.17) is 9.47 Å². The summed E-state index contributed by atoms with van der Waals surface area (Å²) in [6.45, 7) is 11.8. The SMILES string of the molecule is CN=C(NCCc1ccc(C(C)(C)C)cc1)N1CCC(COCCOC)C1. The van der Waals surface area contributed by atoms with Crippen LogP contribution >= 0.6 is 0 Å². The van der Waals surface area contributed by atoms with Crippen LogP contribution in [0, 0.1) is 5.92 Å². The average molecular weight is 376 g/mol. The van der Waals surface area contributed by atoms with E-state index in [1.807, 2.05) is 7.05 Å². The van der Waals surface area contributed by atoms with Gasteiger partial charge in [-0.05, 0) is 29.4 Å². The van der Waals surface area contributed by atoms with Crippen LogP contribution in [0.25, 0.3) is 0 Å². The topological polar surface area (TPSA) is 46.1 Å². The highest BCUT2D eigenvalue weighted by Gasteiger charge is 2.24. The first-order valence-corrected chi connectivity index (χ1v) is 10.1. The summed E-state index contributed by atoms with van der Waals surface area (Å²) in [4.78, 5) is 6.80. The minimum absolute atomic E-state index is 0.207. The third kappa shape index (κ3) is 7.15. The van der Waals surface area contributed by atoms with Crippen molar-refractivity contribution >= 4 is 5.96 Å². The van der Waals surface area contributed by atoms with Gasteiger partial charge in [0.25, 0.3) is 0 Å². The molecule has 1 fully saturated rings. The highest BCUT2D eigenvalue weighted by atomic mass is 16.5. The molecule has 0 bridgehead atoms. The molecule has 2 rings (SSSR count). The number of nitrogens with one attached hydrogen (secondary N) is 1. The van der Waals surface area contributed by atoms with E-state index in [1.54, 1.807) is 7.11 Å². The number of benzene rings is 1. The summed E-state index contributed by atoms with van der Waals surface area (Å²) in [6, 6.07) is 8.99. The van der Waals surface area contributed by atoms with Gasteiger partial charge >= 0.3 is 0 Å². The largest absolute Gasteiger partial charge is 0.382 e. The van der Waals surface area contributed by atoms with E-state index in [-0.39, 0.29) is 5.41 Å². The normalized spacial score (nSPS) is 18.2. The standard InChI is InChI=1S/C22H37N3O2/c1-22(2,3)20-8-6-18(7-9-20)10-12-24-21(23-4)25-13-11-19(16-25)17-27-15-14-26-5/h6-9,19H,10-17H2,1-5H3,(H,23,24). The molecule has 27 heavy (non-hydrogen) atoms. The van der Waals surface area contributed by atoms with Gasteiger partial charge in [-0.2, -0.15) is 0 Å². The van der Waals surface area contributed by atoms with Gasteiger partial charge in [0, 0.05) is 39.7 Å². The lowest BCUT2D eigenvalue weighted by molar-refractivity contribution is 0.0536. The van der Waals surface area contributed by atoms with Crippen LogP contribution in [0.15, 0.2) is 29.3 Å². The number of aliphatic imine (C=N–C) groups is 1. The van der Waals surface area contributed by atoms with Crippen LogP contribution in [0.4, 0.5) is 0 Å². The Balaban J connectivity index is 1.73. The number of likely N-dealkylation sites (tertiary alicyclic amines) is 1. The monoisotopic (exact) mass is 375 g/mol. The van der Waals surface area contributed by atoms with Crippen LogP contribution in [0.2, 0.25) is 0 Å². The Bertz CT molecular complexity index is 578. The van der Waals surface area contributed by atoms with Crippen molar-refractivity contribution in [1.29, 1.82) is 0 Å². The van der Waals surface area contributed by atoms with Gasteiger partial charge in [-0.15, -0.1) is 0 Å². The number of methoxy groups -OCH3 is 1. The maximum atomic E-state index is 5.68. The fourth-order valence-electron chi connectivity index (χ4n) is 3.38. The Hall–Kier alpha value is -1.59. The third-order valence-corrected chi connectivity index (χ3v) is 5.10. The highest BCUT2D eigenvalue weighted by Crippen LogP contribution is 2.22. The maximum Gasteiger partial charge on any atom is 0.193 e. The van der Waals surface area contributed by atoms with Crippen LogP contribution in [-0.2, 0) is 21.3 Å². The second-order valence-electron chi connectivity index (χ2n) is 8.34. The molecule has 1 atom stereocenters. The number of ether oxygens (including phenoxy) is 2. The number of hydrogen-bond acceptors (Lipinski definition) is 3. The molecule has 1 unspecified atom stereocenters. The molecule has 5 heteroatoms. The Morgan fingerprint density at radius 1 is 1.22 bits per heavy atom. The predicted molar refractivity (Wildman–Crippen MR) is 113 cm³/mol. The molecule has 0 aromatic heterocycles. The summed E-state index contributed by atoms with van der Waals surface area (Å²) in [5, 5.41) is 3.52. The zero-order valence-corrected chi connectivity index (χ0v) is 17.8. The third-order valence-electron chi connectivity index (χ3n) is 5.10. The molecule has 1 aromatic carbocycles. The molecular weight excluding hydrogens is 338 g/mol. The molecule has 1 N–H and O–H groups in total. The van der Waals surface area contributed by atoms with E-state index in [9.17, 15) is 0 Å². The second kappa shape index (κ2) is 10.7. The van der Waals surface area contributed by atoms with E-state index in [0.29, 0.717) is 19.1 Å². The van der Waals surface area contributed by atoms with Gasteiger partial charge in [0.2, 0.25) is 0 Å². The van der Waals surface area contributed by atoms with Gasteiger partial charge in [-0.25, -0.2) is 0 Å². The van der Waals surface area contributed by atoms with Crippen molar-refractivity contribution in [3.63, 3.8) is 0 Å². The maximum absolute atomic E-state index is 5.68. The van der Waals surface area contributed by atoms with Crippen molar-refractivity contribution in [2.45, 2.75) is 39.0 Å². The summed E-state index contributed by atoms with van der Waals surface area (Å²) >= 11 is 0. The first-order chi connectivity index (χ1) is 12.9. The highest BCUT2D eigenvalue weighted by molar-refractivity contribution is 5.80. The molecule has 0 spiro atoms. The number of rotatable bonds is 8. The molecule has 1 aliphatic rings. The van der Waals surface area contributed by atoms with Crippen LogP contribution in [0.3, 0.4) is 0 Å². The van der Waals surface area contributed by atoms with Crippen LogP contribution in [0.1, 0.15) is 38.3 Å². The van der Waals surface area contributed by atoms with Gasteiger partial charge < -0.3 is 19.7 Å². The summed E-state index contributed by atoms with van der Waals surface area (Å²) < 4.78 is 10.7. The van der Waals surface area contributed by atoms with E-state index < -0.39 is 0 Å². The zero-order valence-electron chi connectivity index (χ0n) is 17.8. The van der Waals surface area contributed by atoms with Gasteiger partial charge in [-0.1, -0.05) is 45.0 Å². The minimum Gasteiger partial charge on any atom is -0.382 e. The molecule has 1 aliphatic heterocycles. The molecule has 152 valence electrons. The Morgan fingerprint density at radius 2 is 1.96 bits per heavy atom. The number of guanidine groups is 1. The summed E-state index contributed by atoms with van der Waals surface area (Å²) in [5.41, 5.74) is 2.95. The summed E-state index contributed by atoms with van der Waals surface area (Å²) in [6.07, 6.45) is 2.16. The van der Waals surface area contributed by atoms with Crippen molar-refractivity contribution in [3.8, 4) is 0 Å². The lowest BCUT2D eigenvalue weighted by Crippen LogP contribution is -2.41. The molecule has 1 heterocycles. The van der Waals surface area contributed by atoms with Gasteiger partial charge in [0.15, 0.2) is 5.96 Å². The summed E-state index contributed by atoms with van der Waals surface area (Å²) in [7, 11) is 3.57. The number of hydrogen-bond donors (Lipinski definition) is 1. The molecule has 0 saturated carbocycles. The Morgan fingerprint density at radius 3 is 2.59 bits per heavy atom. The quantitative estimate of drug-likeness (QED) is 0.431. The van der Waals surface area contributed by atoms with Crippen LogP contribution < -0.4 is 5.32 Å². The lowest BCUT2D eigenvalue weighted by atomic mass is 9.86. The van der Waals surface area contributed by atoms with Gasteiger partial charge in [0.1, 0.15) is 0 Å². The number of nitrogens with zero attached hydrogens (tertiary/aromatic N) is 2. The van der Waals surface area contributed by atoms with Gasteiger partial charge in [0.05, 0.1) is 19.8 Å². The molecule has 1 saturated heterocycles. The van der Waals surface area contributed by atoms with Crippen molar-refractivity contribution < 1.29 is 9.47 Å². The van der Waals surface area contributed by atoms with E-state index in [1.165, 1.54) is 11.1 Å². The lowest BCUT2D eigenvalue weighted by Gasteiger charge is -2.22. The molecular formula is C22H37N3O2. The Labute approximate surface area is 165 Å². The van der Waals surface area contributed by atoms with E-state index in [0.717, 1.165) is 45.0 Å². The van der Waals surface area contributed by atoms with Crippen LogP contribution in [0.5, 0.6) is 0 Å². The molecule has 5 nitrogen and oxygen atoms in total. The Kier molecular flexibility index (Phi) is 8.58. The minimum atomic E-state index is 0.207. The average Bonchev–Trinajstić information content (AvgIpc) is 3.11. The van der Waals surface area contributed by atoms with Crippen LogP contribution in [-0.4, -0.2) is 64.5 Å². The van der Waals surface area contributed by atoms with Crippen molar-refractivity contribution in [2.24, 2.45) is 10.9 Å². The molecule has 0 radical (unpaired) electrons. The van der Waals surface area contributed by atoms with Crippen molar-refractivity contribution in [3.05, 3.63) is 35.4 Å². The smallest absolute Gasteiger partial charge is 0.193 e. The van der Waals surface area contributed by atoms with E-state index >= 15 is 0 Å². The predicted octanol–water partition coefficient (Wildman–Crippen LogP) is 3.09.